The Balaban J connectivity index is 1.90. The minimum atomic E-state index is 0.373. The van der Waals surface area contributed by atoms with Gasteiger partial charge in [0, 0.05) is 24.2 Å². The summed E-state index contributed by atoms with van der Waals surface area (Å²) in [6.45, 7) is 4.61. The highest BCUT2D eigenvalue weighted by Gasteiger charge is 2.15. The molecule has 0 aromatic carbocycles. The van der Waals surface area contributed by atoms with Crippen LogP contribution < -0.4 is 10.1 Å². The number of rotatable bonds is 3. The highest BCUT2D eigenvalue weighted by atomic mass is 35.5. The summed E-state index contributed by atoms with van der Waals surface area (Å²) < 4.78 is 5.48. The summed E-state index contributed by atoms with van der Waals surface area (Å²) in [4.78, 5) is 8.11. The molecule has 0 amide bonds. The maximum atomic E-state index is 5.87. The maximum Gasteiger partial charge on any atom is 0.317 e. The largest absolute Gasteiger partial charge is 0.463 e. The van der Waals surface area contributed by atoms with E-state index < -0.39 is 0 Å². The fraction of sp³-hybridized carbons (Fsp3) is 0.600. The average molecular weight is 228 g/mol. The summed E-state index contributed by atoms with van der Waals surface area (Å²) in [5, 5.41) is 3.74. The van der Waals surface area contributed by atoms with Gasteiger partial charge in [0.1, 0.15) is 5.15 Å². The third-order valence-electron chi connectivity index (χ3n) is 2.50. The third-order valence-corrected chi connectivity index (χ3v) is 2.88. The number of halogens is 1. The number of nitrogens with one attached hydrogen (secondary N) is 1. The van der Waals surface area contributed by atoms with Crippen LogP contribution in [0.1, 0.15) is 12.0 Å². The van der Waals surface area contributed by atoms with Gasteiger partial charge in [0.25, 0.3) is 0 Å². The lowest BCUT2D eigenvalue weighted by Crippen LogP contribution is -2.16. The SMILES string of the molecule is Cc1cnc(OC[C@@H]2CCNC2)nc1Cl. The Kier molecular flexibility index (Phi) is 3.38. The van der Waals surface area contributed by atoms with E-state index in [-0.39, 0.29) is 0 Å². The molecule has 1 aliphatic heterocycles. The summed E-state index contributed by atoms with van der Waals surface area (Å²) in [5.41, 5.74) is 0.867. The lowest BCUT2D eigenvalue weighted by atomic mass is 10.1. The Bertz CT molecular complexity index is 339. The molecule has 0 radical (unpaired) electrons. The van der Waals surface area contributed by atoms with Gasteiger partial charge >= 0.3 is 6.01 Å². The minimum Gasteiger partial charge on any atom is -0.463 e. The summed E-state index contributed by atoms with van der Waals surface area (Å²) in [6, 6.07) is 0.373. The van der Waals surface area contributed by atoms with Crippen molar-refractivity contribution in [1.29, 1.82) is 0 Å². The monoisotopic (exact) mass is 227 g/mol. The normalized spacial score (nSPS) is 20.5. The molecule has 0 bridgehead atoms. The number of aryl methyl sites for hydroxylation is 1. The van der Waals surface area contributed by atoms with Crippen molar-refractivity contribution in [2.24, 2.45) is 5.92 Å². The zero-order valence-electron chi connectivity index (χ0n) is 8.66. The van der Waals surface area contributed by atoms with Gasteiger partial charge in [-0.15, -0.1) is 0 Å². The van der Waals surface area contributed by atoms with Crippen LogP contribution in [0.3, 0.4) is 0 Å². The van der Waals surface area contributed by atoms with Crippen LogP contribution in [0.25, 0.3) is 0 Å². The second-order valence-electron chi connectivity index (χ2n) is 3.80. The van der Waals surface area contributed by atoms with E-state index in [2.05, 4.69) is 15.3 Å². The van der Waals surface area contributed by atoms with E-state index in [9.17, 15) is 0 Å². The van der Waals surface area contributed by atoms with Gasteiger partial charge in [-0.1, -0.05) is 11.6 Å². The van der Waals surface area contributed by atoms with Crippen molar-refractivity contribution < 1.29 is 4.74 Å². The Labute approximate surface area is 94.0 Å². The van der Waals surface area contributed by atoms with E-state index in [0.717, 1.165) is 25.1 Å². The summed E-state index contributed by atoms with van der Waals surface area (Å²) >= 11 is 5.87. The topological polar surface area (TPSA) is 47.0 Å². The van der Waals surface area contributed by atoms with Crippen molar-refractivity contribution in [2.75, 3.05) is 19.7 Å². The maximum absolute atomic E-state index is 5.87. The van der Waals surface area contributed by atoms with Crippen LogP contribution in [-0.2, 0) is 0 Å². The van der Waals surface area contributed by atoms with Crippen LogP contribution in [0.4, 0.5) is 0 Å². The van der Waals surface area contributed by atoms with Crippen LogP contribution in [-0.4, -0.2) is 29.7 Å². The molecule has 2 heterocycles. The van der Waals surface area contributed by atoms with Crippen LogP contribution in [0.15, 0.2) is 6.20 Å². The molecular formula is C10H14ClN3O. The van der Waals surface area contributed by atoms with Crippen molar-refractivity contribution in [1.82, 2.24) is 15.3 Å². The molecular weight excluding hydrogens is 214 g/mol. The standard InChI is InChI=1S/C10H14ClN3O/c1-7-4-13-10(14-9(7)11)15-6-8-2-3-12-5-8/h4,8,12H,2-3,5-6H2,1H3/t8-/m1/s1. The molecule has 1 aromatic heterocycles. The van der Waals surface area contributed by atoms with Crippen molar-refractivity contribution in [3.63, 3.8) is 0 Å². The highest BCUT2D eigenvalue weighted by molar-refractivity contribution is 6.30. The van der Waals surface area contributed by atoms with Gasteiger partial charge in [-0.25, -0.2) is 4.98 Å². The van der Waals surface area contributed by atoms with Gasteiger partial charge in [-0.3, -0.25) is 0 Å². The van der Waals surface area contributed by atoms with E-state index in [4.69, 9.17) is 16.3 Å². The number of hydrogen-bond donors (Lipinski definition) is 1. The molecule has 0 unspecified atom stereocenters. The molecule has 0 aliphatic carbocycles. The van der Waals surface area contributed by atoms with Gasteiger partial charge in [0.15, 0.2) is 0 Å². The fourth-order valence-electron chi connectivity index (χ4n) is 1.52. The molecule has 1 fully saturated rings. The van der Waals surface area contributed by atoms with Gasteiger partial charge in [0.2, 0.25) is 0 Å². The first-order valence-electron chi connectivity index (χ1n) is 5.08. The predicted octanol–water partition coefficient (Wildman–Crippen LogP) is 1.43. The Hall–Kier alpha value is -0.870. The molecule has 82 valence electrons. The number of ether oxygens (including phenoxy) is 1. The number of aromatic nitrogens is 2. The first-order valence-corrected chi connectivity index (χ1v) is 5.46. The molecule has 5 heteroatoms. The van der Waals surface area contributed by atoms with Gasteiger partial charge in [-0.2, -0.15) is 4.98 Å². The third kappa shape index (κ3) is 2.79. The Morgan fingerprint density at radius 1 is 1.67 bits per heavy atom. The molecule has 2 rings (SSSR count). The van der Waals surface area contributed by atoms with Crippen LogP contribution in [0.2, 0.25) is 5.15 Å². The fourth-order valence-corrected chi connectivity index (χ4v) is 1.65. The van der Waals surface area contributed by atoms with E-state index in [1.54, 1.807) is 6.20 Å². The molecule has 1 aliphatic rings. The van der Waals surface area contributed by atoms with Crippen molar-refractivity contribution in [3.8, 4) is 6.01 Å². The number of hydrogen-bond acceptors (Lipinski definition) is 4. The van der Waals surface area contributed by atoms with Gasteiger partial charge in [-0.05, 0) is 19.9 Å². The zero-order valence-corrected chi connectivity index (χ0v) is 9.42. The lowest BCUT2D eigenvalue weighted by Gasteiger charge is -2.09. The molecule has 1 saturated heterocycles. The highest BCUT2D eigenvalue weighted by Crippen LogP contribution is 2.15. The predicted molar refractivity (Wildman–Crippen MR) is 58.3 cm³/mol. The van der Waals surface area contributed by atoms with Crippen molar-refractivity contribution in [2.45, 2.75) is 13.3 Å². The molecule has 1 N–H and O–H groups in total. The van der Waals surface area contributed by atoms with Gasteiger partial charge in [0.05, 0.1) is 6.61 Å². The van der Waals surface area contributed by atoms with Gasteiger partial charge < -0.3 is 10.1 Å². The average Bonchev–Trinajstić information content (AvgIpc) is 2.73. The van der Waals surface area contributed by atoms with Crippen LogP contribution in [0.5, 0.6) is 6.01 Å². The second-order valence-corrected chi connectivity index (χ2v) is 4.15. The lowest BCUT2D eigenvalue weighted by molar-refractivity contribution is 0.241. The second kappa shape index (κ2) is 4.77. The quantitative estimate of drug-likeness (QED) is 0.794. The Morgan fingerprint density at radius 2 is 2.53 bits per heavy atom. The Morgan fingerprint density at radius 3 is 3.20 bits per heavy atom. The van der Waals surface area contributed by atoms with Crippen LogP contribution >= 0.6 is 11.6 Å². The van der Waals surface area contributed by atoms with E-state index >= 15 is 0 Å². The molecule has 4 nitrogen and oxygen atoms in total. The van der Waals surface area contributed by atoms with E-state index in [0.29, 0.717) is 23.7 Å². The number of nitrogens with zero attached hydrogens (tertiary/aromatic N) is 2. The molecule has 15 heavy (non-hydrogen) atoms. The van der Waals surface area contributed by atoms with E-state index in [1.807, 2.05) is 6.92 Å². The van der Waals surface area contributed by atoms with Crippen molar-refractivity contribution >= 4 is 11.6 Å². The minimum absolute atomic E-state index is 0.373. The molecule has 1 atom stereocenters. The summed E-state index contributed by atoms with van der Waals surface area (Å²) in [5.74, 6) is 0.564. The van der Waals surface area contributed by atoms with Crippen LogP contribution in [0, 0.1) is 12.8 Å². The molecule has 0 spiro atoms. The smallest absolute Gasteiger partial charge is 0.317 e. The molecule has 1 aromatic rings. The summed E-state index contributed by atoms with van der Waals surface area (Å²) in [7, 11) is 0. The first kappa shape index (κ1) is 10.6. The van der Waals surface area contributed by atoms with E-state index in [1.165, 1.54) is 0 Å². The zero-order chi connectivity index (χ0) is 10.7. The summed E-state index contributed by atoms with van der Waals surface area (Å²) in [6.07, 6.45) is 2.83. The van der Waals surface area contributed by atoms with Crippen molar-refractivity contribution in [3.05, 3.63) is 16.9 Å². The first-order chi connectivity index (χ1) is 7.25. The molecule has 0 saturated carbocycles.